The first-order valence-electron chi connectivity index (χ1n) is 8.19. The largest absolute Gasteiger partial charge is 0.493 e. The number of carboxylic acid groups (broad SMARTS) is 1. The summed E-state index contributed by atoms with van der Waals surface area (Å²) in [4.78, 5) is 23.9. The Morgan fingerprint density at radius 1 is 1.15 bits per heavy atom. The standard InChI is InChI=1S/C20H20N2O5/c1-26-17-7-6-14(11-18(17)27-2)16(12-19(23)24)22-20(25)15-5-3-4-13(10-15)8-9-21/h3-7,10-11,16H,8,12H2,1-2H3,(H,22,25)(H,23,24). The minimum Gasteiger partial charge on any atom is -0.493 e. The summed E-state index contributed by atoms with van der Waals surface area (Å²) >= 11 is 0. The predicted molar refractivity (Wildman–Crippen MR) is 97.8 cm³/mol. The number of carbonyl (C=O) groups is 2. The van der Waals surface area contributed by atoms with Gasteiger partial charge in [-0.15, -0.1) is 0 Å². The van der Waals surface area contributed by atoms with Crippen molar-refractivity contribution in [2.24, 2.45) is 0 Å². The lowest BCUT2D eigenvalue weighted by molar-refractivity contribution is -0.137. The highest BCUT2D eigenvalue weighted by Gasteiger charge is 2.20. The van der Waals surface area contributed by atoms with Gasteiger partial charge in [-0.05, 0) is 35.4 Å². The zero-order valence-corrected chi connectivity index (χ0v) is 15.1. The van der Waals surface area contributed by atoms with Gasteiger partial charge in [0.05, 0.1) is 39.2 Å². The van der Waals surface area contributed by atoms with Crippen molar-refractivity contribution < 1.29 is 24.2 Å². The highest BCUT2D eigenvalue weighted by Crippen LogP contribution is 2.31. The van der Waals surface area contributed by atoms with Crippen molar-refractivity contribution >= 4 is 11.9 Å². The maximum atomic E-state index is 12.6. The average molecular weight is 368 g/mol. The minimum absolute atomic E-state index is 0.190. The lowest BCUT2D eigenvalue weighted by atomic mass is 10.0. The monoisotopic (exact) mass is 368 g/mol. The molecule has 2 aromatic rings. The van der Waals surface area contributed by atoms with Gasteiger partial charge in [0.25, 0.3) is 5.91 Å². The number of hydrogen-bond acceptors (Lipinski definition) is 5. The Morgan fingerprint density at radius 3 is 2.52 bits per heavy atom. The molecule has 0 bridgehead atoms. The van der Waals surface area contributed by atoms with E-state index >= 15 is 0 Å². The number of aliphatic carboxylic acids is 1. The van der Waals surface area contributed by atoms with E-state index in [4.69, 9.17) is 14.7 Å². The highest BCUT2D eigenvalue weighted by atomic mass is 16.5. The zero-order chi connectivity index (χ0) is 19.8. The summed E-state index contributed by atoms with van der Waals surface area (Å²) in [7, 11) is 2.98. The van der Waals surface area contributed by atoms with Crippen LogP contribution >= 0.6 is 0 Å². The molecule has 0 aromatic heterocycles. The molecule has 7 nitrogen and oxygen atoms in total. The highest BCUT2D eigenvalue weighted by molar-refractivity contribution is 5.94. The molecule has 2 N–H and O–H groups in total. The summed E-state index contributed by atoms with van der Waals surface area (Å²) in [6, 6.07) is 12.9. The molecule has 2 aromatic carbocycles. The van der Waals surface area contributed by atoms with Gasteiger partial charge >= 0.3 is 5.97 Å². The fraction of sp³-hybridized carbons (Fsp3) is 0.250. The van der Waals surface area contributed by atoms with Crippen LogP contribution in [0.15, 0.2) is 42.5 Å². The van der Waals surface area contributed by atoms with E-state index < -0.39 is 17.9 Å². The van der Waals surface area contributed by atoms with Crippen molar-refractivity contribution in [1.29, 1.82) is 5.26 Å². The van der Waals surface area contributed by atoms with Gasteiger partial charge in [0.1, 0.15) is 0 Å². The van der Waals surface area contributed by atoms with Crippen molar-refractivity contribution in [2.45, 2.75) is 18.9 Å². The van der Waals surface area contributed by atoms with Crippen LogP contribution in [0.25, 0.3) is 0 Å². The molecule has 140 valence electrons. The van der Waals surface area contributed by atoms with Crippen molar-refractivity contribution in [3.05, 3.63) is 59.2 Å². The molecule has 0 saturated carbocycles. The SMILES string of the molecule is COc1ccc(C(CC(=O)O)NC(=O)c2cccc(CC#N)c2)cc1OC. The van der Waals surface area contributed by atoms with Gasteiger partial charge in [0.15, 0.2) is 11.5 Å². The molecule has 1 unspecified atom stereocenters. The van der Waals surface area contributed by atoms with Gasteiger partial charge in [-0.2, -0.15) is 5.26 Å². The second kappa shape index (κ2) is 9.25. The topological polar surface area (TPSA) is 109 Å². The summed E-state index contributed by atoms with van der Waals surface area (Å²) in [6.07, 6.45) is -0.103. The third kappa shape index (κ3) is 5.22. The molecule has 0 saturated heterocycles. The molecule has 1 amide bonds. The van der Waals surface area contributed by atoms with Crippen molar-refractivity contribution in [3.8, 4) is 17.6 Å². The van der Waals surface area contributed by atoms with Crippen molar-refractivity contribution in [3.63, 3.8) is 0 Å². The zero-order valence-electron chi connectivity index (χ0n) is 15.1. The number of benzene rings is 2. The Labute approximate surface area is 157 Å². The predicted octanol–water partition coefficient (Wildman–Crippen LogP) is 2.72. The molecule has 1 atom stereocenters. The van der Waals surface area contributed by atoms with Crippen LogP contribution in [0.1, 0.15) is 33.9 Å². The van der Waals surface area contributed by atoms with E-state index in [2.05, 4.69) is 5.32 Å². The van der Waals surface area contributed by atoms with Crippen LogP contribution in [-0.4, -0.2) is 31.2 Å². The second-order valence-electron chi connectivity index (χ2n) is 5.77. The van der Waals surface area contributed by atoms with Gasteiger partial charge in [-0.25, -0.2) is 0 Å². The molecule has 0 spiro atoms. The molecule has 0 aliphatic heterocycles. The van der Waals surface area contributed by atoms with E-state index in [0.717, 1.165) is 0 Å². The number of nitrogens with zero attached hydrogens (tertiary/aromatic N) is 1. The summed E-state index contributed by atoms with van der Waals surface area (Å²) in [6.45, 7) is 0. The lowest BCUT2D eigenvalue weighted by Crippen LogP contribution is -2.30. The second-order valence-corrected chi connectivity index (χ2v) is 5.77. The number of carbonyl (C=O) groups excluding carboxylic acids is 1. The Balaban J connectivity index is 2.29. The van der Waals surface area contributed by atoms with Gasteiger partial charge < -0.3 is 19.9 Å². The number of hydrogen-bond donors (Lipinski definition) is 2. The smallest absolute Gasteiger partial charge is 0.305 e. The van der Waals surface area contributed by atoms with Crippen LogP contribution in [0.4, 0.5) is 0 Å². The lowest BCUT2D eigenvalue weighted by Gasteiger charge is -2.19. The molecule has 0 aliphatic rings. The number of nitriles is 1. The summed E-state index contributed by atoms with van der Waals surface area (Å²) in [5.41, 5.74) is 1.65. The maximum absolute atomic E-state index is 12.6. The van der Waals surface area contributed by atoms with Crippen LogP contribution < -0.4 is 14.8 Å². The van der Waals surface area contributed by atoms with E-state index in [9.17, 15) is 14.7 Å². The van der Waals surface area contributed by atoms with Crippen molar-refractivity contribution in [1.82, 2.24) is 5.32 Å². The first kappa shape index (κ1) is 19.8. The van der Waals surface area contributed by atoms with E-state index in [0.29, 0.717) is 28.2 Å². The minimum atomic E-state index is -1.05. The normalized spacial score (nSPS) is 11.1. The fourth-order valence-electron chi connectivity index (χ4n) is 2.65. The summed E-state index contributed by atoms with van der Waals surface area (Å²) < 4.78 is 10.4. The Hall–Kier alpha value is -3.53. The fourth-order valence-corrected chi connectivity index (χ4v) is 2.65. The molecule has 0 radical (unpaired) electrons. The quantitative estimate of drug-likeness (QED) is 0.741. The van der Waals surface area contributed by atoms with Gasteiger partial charge in [-0.3, -0.25) is 9.59 Å². The molecule has 0 fully saturated rings. The molecule has 7 heteroatoms. The van der Waals surface area contributed by atoms with Crippen LogP contribution in [-0.2, 0) is 11.2 Å². The van der Waals surface area contributed by atoms with Crippen LogP contribution in [0.2, 0.25) is 0 Å². The molecule has 2 rings (SSSR count). The molecular formula is C20H20N2O5. The number of rotatable bonds is 8. The first-order valence-corrected chi connectivity index (χ1v) is 8.19. The number of nitrogens with one attached hydrogen (secondary N) is 1. The number of carboxylic acids is 1. The summed E-state index contributed by atoms with van der Waals surface area (Å²) in [5.74, 6) is -0.523. The first-order chi connectivity index (χ1) is 13.0. The Kier molecular flexibility index (Phi) is 6.78. The molecule has 0 aliphatic carbocycles. The maximum Gasteiger partial charge on any atom is 0.305 e. The average Bonchev–Trinajstić information content (AvgIpc) is 2.67. The van der Waals surface area contributed by atoms with E-state index in [1.54, 1.807) is 42.5 Å². The number of methoxy groups -OCH3 is 2. The third-order valence-corrected chi connectivity index (χ3v) is 3.97. The van der Waals surface area contributed by atoms with Gasteiger partial charge in [-0.1, -0.05) is 18.2 Å². The van der Waals surface area contributed by atoms with Crippen LogP contribution in [0.3, 0.4) is 0 Å². The Bertz CT molecular complexity index is 873. The van der Waals surface area contributed by atoms with Gasteiger partial charge in [0, 0.05) is 5.56 Å². The van der Waals surface area contributed by atoms with E-state index in [1.165, 1.54) is 14.2 Å². The molecule has 0 heterocycles. The number of ether oxygens (including phenoxy) is 2. The number of amides is 1. The third-order valence-electron chi connectivity index (χ3n) is 3.97. The molecular weight excluding hydrogens is 348 g/mol. The molecule has 27 heavy (non-hydrogen) atoms. The van der Waals surface area contributed by atoms with Crippen LogP contribution in [0.5, 0.6) is 11.5 Å². The van der Waals surface area contributed by atoms with Crippen LogP contribution in [0, 0.1) is 11.3 Å². The van der Waals surface area contributed by atoms with E-state index in [1.807, 2.05) is 6.07 Å². The van der Waals surface area contributed by atoms with E-state index in [-0.39, 0.29) is 12.8 Å². The summed E-state index contributed by atoms with van der Waals surface area (Å²) in [5, 5.41) is 20.8. The Morgan fingerprint density at radius 2 is 1.89 bits per heavy atom. The van der Waals surface area contributed by atoms with Gasteiger partial charge in [0.2, 0.25) is 0 Å². The van der Waals surface area contributed by atoms with Crippen molar-refractivity contribution in [2.75, 3.05) is 14.2 Å².